The Balaban J connectivity index is 1.25. The van der Waals surface area contributed by atoms with Crippen LogP contribution in [0.4, 0.5) is 0 Å². The van der Waals surface area contributed by atoms with Crippen molar-refractivity contribution in [1.82, 2.24) is 29.5 Å². The Morgan fingerprint density at radius 3 is 1.60 bits per heavy atom. The molecule has 0 unspecified atom stereocenters. The van der Waals surface area contributed by atoms with Crippen LogP contribution in [0.1, 0.15) is 0 Å². The molecule has 7 heteroatoms. The van der Waals surface area contributed by atoms with Crippen molar-refractivity contribution in [3.05, 3.63) is 170 Å². The fourth-order valence-corrected chi connectivity index (χ4v) is 12.9. The van der Waals surface area contributed by atoms with Crippen molar-refractivity contribution >= 4 is 50.6 Å². The van der Waals surface area contributed by atoms with Crippen molar-refractivity contribution < 1.29 is 0 Å². The third-order valence-electron chi connectivity index (χ3n) is 9.94. The first-order valence-electron chi connectivity index (χ1n) is 16.7. The quantitative estimate of drug-likeness (QED) is 0.199. The molecule has 0 fully saturated rings. The molecule has 5 heterocycles. The molecule has 5 aromatic carbocycles. The SMILES string of the molecule is c1ccc(-c2nc(-c3cccc([Si]4(c5ccccc5)c5cnccc5-c5ccncc54)c3)nc(-n3c4ccccc4c4ccccc43)n2)cc1. The van der Waals surface area contributed by atoms with E-state index in [9.17, 15) is 0 Å². The fourth-order valence-electron chi connectivity index (χ4n) is 7.82. The van der Waals surface area contributed by atoms with E-state index in [1.807, 2.05) is 30.6 Å². The maximum absolute atomic E-state index is 5.26. The van der Waals surface area contributed by atoms with Crippen molar-refractivity contribution in [2.24, 2.45) is 0 Å². The Morgan fingerprint density at radius 2 is 0.960 bits per heavy atom. The van der Waals surface area contributed by atoms with Gasteiger partial charge in [-0.3, -0.25) is 14.5 Å². The molecule has 0 spiro atoms. The summed E-state index contributed by atoms with van der Waals surface area (Å²) in [5, 5.41) is 7.35. The Hall–Kier alpha value is -6.57. The number of fused-ring (bicyclic) bond motifs is 6. The molecule has 1 aliphatic heterocycles. The Kier molecular flexibility index (Phi) is 6.40. The van der Waals surface area contributed by atoms with Crippen molar-refractivity contribution in [2.75, 3.05) is 0 Å². The van der Waals surface area contributed by atoms with Crippen LogP contribution in [0, 0.1) is 0 Å². The van der Waals surface area contributed by atoms with Gasteiger partial charge in [-0.1, -0.05) is 121 Å². The number of pyridine rings is 2. The lowest BCUT2D eigenvalue weighted by Gasteiger charge is -2.30. The van der Waals surface area contributed by atoms with E-state index in [0.717, 1.165) is 32.9 Å². The molecule has 234 valence electrons. The number of aromatic nitrogens is 6. The zero-order valence-electron chi connectivity index (χ0n) is 26.8. The first kappa shape index (κ1) is 28.4. The van der Waals surface area contributed by atoms with Gasteiger partial charge in [0.05, 0.1) is 11.0 Å². The zero-order chi connectivity index (χ0) is 33.1. The molecule has 0 atom stereocenters. The molecule has 0 amide bonds. The van der Waals surface area contributed by atoms with Gasteiger partial charge in [-0.25, -0.2) is 4.98 Å². The Bertz CT molecular complexity index is 2630. The minimum absolute atomic E-state index is 0.580. The van der Waals surface area contributed by atoms with Gasteiger partial charge in [0.15, 0.2) is 19.7 Å². The number of hydrogen-bond donors (Lipinski definition) is 0. The average Bonchev–Trinajstić information content (AvgIpc) is 3.70. The van der Waals surface area contributed by atoms with Gasteiger partial charge in [0, 0.05) is 46.7 Å². The highest BCUT2D eigenvalue weighted by atomic mass is 28.3. The predicted molar refractivity (Wildman–Crippen MR) is 203 cm³/mol. The molecule has 10 rings (SSSR count). The topological polar surface area (TPSA) is 69.4 Å². The number of hydrogen-bond acceptors (Lipinski definition) is 5. The highest BCUT2D eigenvalue weighted by molar-refractivity contribution is 7.22. The summed E-state index contributed by atoms with van der Waals surface area (Å²) >= 11 is 0. The molecular weight excluding hydrogens is 629 g/mol. The first-order valence-corrected chi connectivity index (χ1v) is 18.7. The van der Waals surface area contributed by atoms with E-state index >= 15 is 0 Å². The van der Waals surface area contributed by atoms with E-state index in [4.69, 9.17) is 15.0 Å². The molecule has 0 radical (unpaired) electrons. The van der Waals surface area contributed by atoms with Gasteiger partial charge in [0.1, 0.15) is 0 Å². The summed E-state index contributed by atoms with van der Waals surface area (Å²) in [6.45, 7) is 0. The minimum Gasteiger partial charge on any atom is -0.278 e. The van der Waals surface area contributed by atoms with Crippen molar-refractivity contribution in [3.8, 4) is 39.9 Å². The van der Waals surface area contributed by atoms with Crippen LogP contribution in [0.25, 0.3) is 61.7 Å². The smallest absolute Gasteiger partial charge is 0.238 e. The van der Waals surface area contributed by atoms with Crippen LogP contribution in [0.3, 0.4) is 0 Å². The molecular formula is C43H28N6Si. The summed E-state index contributed by atoms with van der Waals surface area (Å²) in [4.78, 5) is 24.9. The van der Waals surface area contributed by atoms with Gasteiger partial charge in [0.2, 0.25) is 5.95 Å². The van der Waals surface area contributed by atoms with E-state index in [2.05, 4.69) is 154 Å². The second kappa shape index (κ2) is 11.3. The maximum atomic E-state index is 5.26. The first-order chi connectivity index (χ1) is 24.8. The molecule has 0 saturated heterocycles. The van der Waals surface area contributed by atoms with Crippen LogP contribution < -0.4 is 20.7 Å². The highest BCUT2D eigenvalue weighted by Gasteiger charge is 2.49. The largest absolute Gasteiger partial charge is 0.278 e. The van der Waals surface area contributed by atoms with E-state index in [1.54, 1.807) is 0 Å². The van der Waals surface area contributed by atoms with Gasteiger partial charge in [-0.15, -0.1) is 0 Å². The average molecular weight is 657 g/mol. The lowest BCUT2D eigenvalue weighted by Crippen LogP contribution is -2.73. The molecule has 0 bridgehead atoms. The third kappa shape index (κ3) is 4.17. The van der Waals surface area contributed by atoms with E-state index in [1.165, 1.54) is 31.9 Å². The molecule has 0 aliphatic carbocycles. The van der Waals surface area contributed by atoms with Gasteiger partial charge in [-0.05, 0) is 56.1 Å². The summed E-state index contributed by atoms with van der Waals surface area (Å²) in [7, 11) is -2.81. The van der Waals surface area contributed by atoms with Crippen molar-refractivity contribution in [3.63, 3.8) is 0 Å². The molecule has 6 nitrogen and oxygen atoms in total. The van der Waals surface area contributed by atoms with Crippen molar-refractivity contribution in [2.45, 2.75) is 0 Å². The van der Waals surface area contributed by atoms with Crippen LogP contribution in [0.2, 0.25) is 0 Å². The second-order valence-electron chi connectivity index (χ2n) is 12.6. The van der Waals surface area contributed by atoms with Crippen LogP contribution in [-0.2, 0) is 0 Å². The number of benzene rings is 5. The number of nitrogens with zero attached hydrogens (tertiary/aromatic N) is 6. The molecule has 4 aromatic heterocycles. The van der Waals surface area contributed by atoms with E-state index < -0.39 is 8.07 Å². The summed E-state index contributed by atoms with van der Waals surface area (Å²) < 4.78 is 2.16. The molecule has 1 aliphatic rings. The van der Waals surface area contributed by atoms with Gasteiger partial charge >= 0.3 is 0 Å². The van der Waals surface area contributed by atoms with Crippen molar-refractivity contribution in [1.29, 1.82) is 0 Å². The van der Waals surface area contributed by atoms with Gasteiger partial charge in [0.25, 0.3) is 0 Å². The summed E-state index contributed by atoms with van der Waals surface area (Å²) in [5.74, 6) is 1.82. The van der Waals surface area contributed by atoms with Gasteiger partial charge < -0.3 is 0 Å². The maximum Gasteiger partial charge on any atom is 0.238 e. The lowest BCUT2D eigenvalue weighted by atomic mass is 10.1. The monoisotopic (exact) mass is 656 g/mol. The Morgan fingerprint density at radius 1 is 0.440 bits per heavy atom. The normalized spacial score (nSPS) is 13.0. The zero-order valence-corrected chi connectivity index (χ0v) is 27.8. The number of rotatable bonds is 5. The third-order valence-corrected chi connectivity index (χ3v) is 14.7. The van der Waals surface area contributed by atoms with Crippen LogP contribution in [-0.4, -0.2) is 37.6 Å². The highest BCUT2D eigenvalue weighted by Crippen LogP contribution is 2.33. The van der Waals surface area contributed by atoms with E-state index in [-0.39, 0.29) is 0 Å². The summed E-state index contributed by atoms with van der Waals surface area (Å²) in [5.41, 5.74) is 6.40. The van der Waals surface area contributed by atoms with E-state index in [0.29, 0.717) is 17.6 Å². The number of para-hydroxylation sites is 2. The van der Waals surface area contributed by atoms with Gasteiger partial charge in [-0.2, -0.15) is 9.97 Å². The minimum atomic E-state index is -2.81. The summed E-state index contributed by atoms with van der Waals surface area (Å²) in [6, 6.07) is 51.0. The van der Waals surface area contributed by atoms with Crippen LogP contribution in [0.15, 0.2) is 170 Å². The standard InChI is InChI=1S/C43H28N6Si/c1-3-12-29(13-4-1)41-46-42(48-43(47-41)49-37-20-9-7-18-33(37)34-19-8-10-21-38(34)49)30-14-11-17-32(26-30)50(31-15-5-2-6-16-31)39-27-44-24-22-35(39)36-23-25-45-28-40(36)50/h1-28H. The van der Waals surface area contributed by atoms with Crippen LogP contribution >= 0.6 is 0 Å². The second-order valence-corrected chi connectivity index (χ2v) is 16.3. The molecule has 50 heavy (non-hydrogen) atoms. The predicted octanol–water partition coefficient (Wildman–Crippen LogP) is 6.45. The molecule has 0 saturated carbocycles. The van der Waals surface area contributed by atoms with Crippen LogP contribution in [0.5, 0.6) is 0 Å². The lowest BCUT2D eigenvalue weighted by molar-refractivity contribution is 0.953. The summed E-state index contributed by atoms with van der Waals surface area (Å²) in [6.07, 6.45) is 7.91. The fraction of sp³-hybridized carbons (Fsp3) is 0. The molecule has 0 N–H and O–H groups in total. The molecule has 9 aromatic rings. The Labute approximate surface area is 289 Å².